The number of benzene rings is 4. The fraction of sp³-hybridized carbons (Fsp3) is 0.0741. The highest BCUT2D eigenvalue weighted by Crippen LogP contribution is 2.34. The number of aromatic nitrogens is 2. The van der Waals surface area contributed by atoms with Gasteiger partial charge in [-0.2, -0.15) is 0 Å². The zero-order valence-electron chi connectivity index (χ0n) is 18.3. The molecule has 1 aromatic heterocycles. The Morgan fingerprint density at radius 3 is 2.49 bits per heavy atom. The third-order valence-electron chi connectivity index (χ3n) is 5.45. The molecule has 35 heavy (non-hydrogen) atoms. The van der Waals surface area contributed by atoms with E-state index in [1.807, 2.05) is 36.4 Å². The van der Waals surface area contributed by atoms with Crippen molar-refractivity contribution in [1.29, 1.82) is 0 Å². The number of nitrogens with zero attached hydrogens (tertiary/aromatic N) is 2. The highest BCUT2D eigenvalue weighted by Gasteiger charge is 2.14. The van der Waals surface area contributed by atoms with Crippen LogP contribution in [0.15, 0.2) is 83.5 Å². The smallest absolute Gasteiger partial charge is 0.153 e. The topological polar surface area (TPSA) is 74.5 Å². The fourth-order valence-corrected chi connectivity index (χ4v) is 3.87. The van der Waals surface area contributed by atoms with Gasteiger partial charge in [-0.3, -0.25) is 4.79 Å². The maximum atomic E-state index is 15.2. The van der Waals surface area contributed by atoms with Crippen LogP contribution in [0.4, 0.5) is 4.39 Å². The van der Waals surface area contributed by atoms with Gasteiger partial charge in [-0.1, -0.05) is 66.2 Å². The first kappa shape index (κ1) is 22.6. The molecule has 0 N–H and O–H groups in total. The van der Waals surface area contributed by atoms with Gasteiger partial charge in [-0.15, -0.1) is 0 Å². The summed E-state index contributed by atoms with van der Waals surface area (Å²) >= 11 is 6.32. The first-order chi connectivity index (χ1) is 17.1. The second-order valence-electron chi connectivity index (χ2n) is 7.75. The average molecular weight is 489 g/mol. The Hall–Kier alpha value is -4.23. The Labute approximate surface area is 204 Å². The first-order valence-electron chi connectivity index (χ1n) is 10.7. The number of rotatable bonds is 8. The van der Waals surface area contributed by atoms with Crippen LogP contribution in [0.2, 0.25) is 5.02 Å². The van der Waals surface area contributed by atoms with Crippen molar-refractivity contribution in [2.45, 2.75) is 13.2 Å². The van der Waals surface area contributed by atoms with Gasteiger partial charge in [0.2, 0.25) is 0 Å². The van der Waals surface area contributed by atoms with E-state index in [0.717, 1.165) is 11.1 Å². The number of ether oxygens (including phenoxy) is 2. The van der Waals surface area contributed by atoms with Gasteiger partial charge in [0.1, 0.15) is 41.6 Å². The molecule has 0 aliphatic heterocycles. The SMILES string of the molecule is O=Cc1cc(Cl)c(OCc2cccc(-c3ccccc3)c2F)cc1OCc1ccc2nonc2c1. The van der Waals surface area contributed by atoms with Crippen LogP contribution in [0.25, 0.3) is 22.2 Å². The van der Waals surface area contributed by atoms with Crippen LogP contribution >= 0.6 is 11.6 Å². The molecule has 0 bridgehead atoms. The minimum Gasteiger partial charge on any atom is -0.488 e. The van der Waals surface area contributed by atoms with Crippen LogP contribution in [0, 0.1) is 5.82 Å². The molecule has 0 amide bonds. The van der Waals surface area contributed by atoms with Crippen molar-refractivity contribution in [3.63, 3.8) is 0 Å². The normalized spacial score (nSPS) is 10.9. The van der Waals surface area contributed by atoms with Crippen LogP contribution in [0.1, 0.15) is 21.5 Å². The zero-order valence-corrected chi connectivity index (χ0v) is 19.0. The number of halogens is 2. The van der Waals surface area contributed by atoms with Crippen molar-refractivity contribution in [2.24, 2.45) is 0 Å². The third kappa shape index (κ3) is 4.85. The standard InChI is InChI=1S/C27H18ClFN2O4/c28-22-12-20(14-32)25(33-15-17-9-10-23-24(11-17)31-35-30-23)13-26(22)34-16-19-7-4-8-21(27(19)29)18-5-2-1-3-6-18/h1-14H,15-16H2. The summed E-state index contributed by atoms with van der Waals surface area (Å²) in [5.74, 6) is 0.192. The molecule has 5 rings (SSSR count). The van der Waals surface area contributed by atoms with Crippen LogP contribution in [0.5, 0.6) is 11.5 Å². The van der Waals surface area contributed by atoms with Crippen LogP contribution in [-0.2, 0) is 13.2 Å². The van der Waals surface area contributed by atoms with Crippen molar-refractivity contribution in [3.8, 4) is 22.6 Å². The van der Waals surface area contributed by atoms with Crippen LogP contribution in [-0.4, -0.2) is 16.6 Å². The molecule has 0 spiro atoms. The molecule has 0 atom stereocenters. The number of hydrogen-bond acceptors (Lipinski definition) is 6. The lowest BCUT2D eigenvalue weighted by Gasteiger charge is -2.14. The Bertz CT molecular complexity index is 1500. The summed E-state index contributed by atoms with van der Waals surface area (Å²) in [6, 6.07) is 22.8. The van der Waals surface area contributed by atoms with E-state index in [1.165, 1.54) is 12.1 Å². The van der Waals surface area contributed by atoms with Crippen LogP contribution < -0.4 is 9.47 Å². The molecule has 5 aromatic rings. The number of fused-ring (bicyclic) bond motifs is 1. The van der Waals surface area contributed by atoms with Gasteiger partial charge in [-0.25, -0.2) is 9.02 Å². The van der Waals surface area contributed by atoms with E-state index in [-0.39, 0.29) is 41.1 Å². The van der Waals surface area contributed by atoms with E-state index in [1.54, 1.807) is 30.3 Å². The second kappa shape index (κ2) is 9.95. The lowest BCUT2D eigenvalue weighted by Crippen LogP contribution is -2.03. The fourth-order valence-electron chi connectivity index (χ4n) is 3.64. The molecule has 0 aliphatic carbocycles. The van der Waals surface area contributed by atoms with E-state index in [9.17, 15) is 4.79 Å². The van der Waals surface area contributed by atoms with E-state index in [2.05, 4.69) is 10.3 Å². The summed E-state index contributed by atoms with van der Waals surface area (Å²) < 4.78 is 31.6. The van der Waals surface area contributed by atoms with Gasteiger partial charge in [-0.05, 0) is 39.6 Å². The monoisotopic (exact) mass is 488 g/mol. The molecule has 0 aliphatic rings. The van der Waals surface area contributed by atoms with Gasteiger partial charge < -0.3 is 9.47 Å². The number of carbonyl (C=O) groups excluding carboxylic acids is 1. The van der Waals surface area contributed by atoms with E-state index >= 15 is 4.39 Å². The molecular formula is C27H18ClFN2O4. The molecule has 0 unspecified atom stereocenters. The zero-order chi connectivity index (χ0) is 24.2. The van der Waals surface area contributed by atoms with Gasteiger partial charge in [0.05, 0.1) is 10.6 Å². The van der Waals surface area contributed by atoms with E-state index in [4.69, 9.17) is 25.7 Å². The molecule has 0 saturated heterocycles. The Balaban J connectivity index is 1.35. The van der Waals surface area contributed by atoms with Crippen molar-refractivity contribution >= 4 is 28.9 Å². The molecular weight excluding hydrogens is 471 g/mol. The third-order valence-corrected chi connectivity index (χ3v) is 5.75. The van der Waals surface area contributed by atoms with Gasteiger partial charge in [0.15, 0.2) is 6.29 Å². The summed E-state index contributed by atoms with van der Waals surface area (Å²) in [5.41, 5.74) is 3.94. The second-order valence-corrected chi connectivity index (χ2v) is 8.15. The predicted octanol–water partition coefficient (Wildman–Crippen LogP) is 6.65. The maximum Gasteiger partial charge on any atom is 0.153 e. The van der Waals surface area contributed by atoms with Crippen molar-refractivity contribution in [3.05, 3.63) is 106 Å². The van der Waals surface area contributed by atoms with Gasteiger partial charge in [0.25, 0.3) is 0 Å². The molecule has 6 nitrogen and oxygen atoms in total. The average Bonchev–Trinajstić information content (AvgIpc) is 3.36. The minimum atomic E-state index is -0.367. The Kier molecular flexibility index (Phi) is 6.41. The van der Waals surface area contributed by atoms with E-state index < -0.39 is 0 Å². The number of aldehydes is 1. The molecule has 8 heteroatoms. The molecule has 4 aromatic carbocycles. The summed E-state index contributed by atoms with van der Waals surface area (Å²) in [5, 5.41) is 7.80. The first-order valence-corrected chi connectivity index (χ1v) is 11.1. The predicted molar refractivity (Wildman–Crippen MR) is 129 cm³/mol. The van der Waals surface area contributed by atoms with Gasteiger partial charge >= 0.3 is 0 Å². The Morgan fingerprint density at radius 2 is 1.66 bits per heavy atom. The maximum absolute atomic E-state index is 15.2. The van der Waals surface area contributed by atoms with Crippen molar-refractivity contribution < 1.29 is 23.3 Å². The molecule has 0 radical (unpaired) electrons. The number of carbonyl (C=O) groups is 1. The Morgan fingerprint density at radius 1 is 0.857 bits per heavy atom. The highest BCUT2D eigenvalue weighted by molar-refractivity contribution is 6.32. The van der Waals surface area contributed by atoms with E-state index in [0.29, 0.717) is 28.4 Å². The molecule has 0 fully saturated rings. The quantitative estimate of drug-likeness (QED) is 0.227. The summed E-state index contributed by atoms with van der Waals surface area (Å²) in [6.45, 7) is 0.111. The minimum absolute atomic E-state index is 0.0536. The van der Waals surface area contributed by atoms with Crippen LogP contribution in [0.3, 0.4) is 0 Å². The molecule has 174 valence electrons. The summed E-state index contributed by atoms with van der Waals surface area (Å²) in [4.78, 5) is 11.6. The summed E-state index contributed by atoms with van der Waals surface area (Å²) in [6.07, 6.45) is 0.652. The summed E-state index contributed by atoms with van der Waals surface area (Å²) in [7, 11) is 0. The highest BCUT2D eigenvalue weighted by atomic mass is 35.5. The number of hydrogen-bond donors (Lipinski definition) is 0. The molecule has 1 heterocycles. The lowest BCUT2D eigenvalue weighted by molar-refractivity contribution is 0.111. The van der Waals surface area contributed by atoms with Crippen molar-refractivity contribution in [1.82, 2.24) is 10.3 Å². The largest absolute Gasteiger partial charge is 0.488 e. The van der Waals surface area contributed by atoms with Crippen molar-refractivity contribution in [2.75, 3.05) is 0 Å². The lowest BCUT2D eigenvalue weighted by atomic mass is 10.0. The van der Waals surface area contributed by atoms with Gasteiger partial charge in [0, 0.05) is 17.2 Å². The molecule has 0 saturated carbocycles.